The van der Waals surface area contributed by atoms with Crippen LogP contribution in [0.15, 0.2) is 36.5 Å². The number of benzene rings is 1. The molecule has 0 spiro atoms. The lowest BCUT2D eigenvalue weighted by atomic mass is 9.96. The van der Waals surface area contributed by atoms with E-state index in [1.54, 1.807) is 18.3 Å². The largest absolute Gasteiger partial charge is 0.396 e. The third kappa shape index (κ3) is 3.73. The summed E-state index contributed by atoms with van der Waals surface area (Å²) in [5, 5.41) is 13.1. The van der Waals surface area contributed by atoms with Gasteiger partial charge in [-0.15, -0.1) is 11.3 Å². The van der Waals surface area contributed by atoms with Gasteiger partial charge in [0.2, 0.25) is 5.95 Å². The van der Waals surface area contributed by atoms with Gasteiger partial charge in [-0.3, -0.25) is 4.79 Å². The van der Waals surface area contributed by atoms with E-state index in [4.69, 9.17) is 17.3 Å². The third-order valence-corrected chi connectivity index (χ3v) is 6.23. The highest BCUT2D eigenvalue weighted by Crippen LogP contribution is 2.37. The normalized spacial score (nSPS) is 13.5. The molecule has 3 aromatic rings. The number of carbonyl (C=O) groups excluding carboxylic acids is 1. The summed E-state index contributed by atoms with van der Waals surface area (Å²) in [6.45, 7) is -0.0297. The highest BCUT2D eigenvalue weighted by Gasteiger charge is 2.24. The molecule has 4 N–H and O–H groups in total. The standard InChI is InChI=1S/C20H19ClN4O2S/c21-13-4-1-11(2-5-13)15(7-8-26)24-19(27)17-9-14-16(28-17)6-3-12-10-23-20(22)25-18(12)14/h1-2,4-5,9-10,15,26H,3,6-8H2,(H,24,27)(H2,22,23,25)/t15-/m0/s1. The summed E-state index contributed by atoms with van der Waals surface area (Å²) in [4.78, 5) is 23.1. The number of hydrogen-bond acceptors (Lipinski definition) is 6. The van der Waals surface area contributed by atoms with Gasteiger partial charge >= 0.3 is 0 Å². The Bertz CT molecular complexity index is 1020. The van der Waals surface area contributed by atoms with Crippen LogP contribution in [-0.4, -0.2) is 27.6 Å². The molecule has 0 saturated heterocycles. The number of carbonyl (C=O) groups is 1. The Balaban J connectivity index is 1.59. The van der Waals surface area contributed by atoms with Gasteiger partial charge < -0.3 is 16.2 Å². The van der Waals surface area contributed by atoms with Crippen LogP contribution < -0.4 is 11.1 Å². The van der Waals surface area contributed by atoms with E-state index in [0.717, 1.165) is 40.1 Å². The number of halogens is 1. The first-order valence-corrected chi connectivity index (χ1v) is 10.2. The Morgan fingerprint density at radius 1 is 1.32 bits per heavy atom. The number of amides is 1. The van der Waals surface area contributed by atoms with Crippen LogP contribution in [0.25, 0.3) is 11.3 Å². The van der Waals surface area contributed by atoms with Crippen LogP contribution in [0.3, 0.4) is 0 Å². The fourth-order valence-electron chi connectivity index (χ4n) is 3.39. The van der Waals surface area contributed by atoms with E-state index in [9.17, 15) is 9.90 Å². The lowest BCUT2D eigenvalue weighted by Crippen LogP contribution is -2.28. The van der Waals surface area contributed by atoms with Gasteiger partial charge in [-0.1, -0.05) is 23.7 Å². The van der Waals surface area contributed by atoms with Crippen molar-refractivity contribution in [3.05, 3.63) is 62.4 Å². The van der Waals surface area contributed by atoms with Crippen LogP contribution in [0.4, 0.5) is 5.95 Å². The highest BCUT2D eigenvalue weighted by atomic mass is 35.5. The van der Waals surface area contributed by atoms with E-state index in [-0.39, 0.29) is 24.5 Å². The van der Waals surface area contributed by atoms with Crippen LogP contribution in [0.1, 0.15) is 38.1 Å². The number of aliphatic hydroxyl groups excluding tert-OH is 1. The lowest BCUT2D eigenvalue weighted by molar-refractivity contribution is 0.0934. The maximum absolute atomic E-state index is 12.9. The summed E-state index contributed by atoms with van der Waals surface area (Å²) >= 11 is 7.42. The van der Waals surface area contributed by atoms with Crippen molar-refractivity contribution in [3.8, 4) is 11.3 Å². The molecule has 1 amide bonds. The fraction of sp³-hybridized carbons (Fsp3) is 0.250. The molecule has 8 heteroatoms. The Hall–Kier alpha value is -2.48. The Morgan fingerprint density at radius 2 is 2.11 bits per heavy atom. The van der Waals surface area contributed by atoms with E-state index in [0.29, 0.717) is 16.3 Å². The number of rotatable bonds is 5. The van der Waals surface area contributed by atoms with Crippen LogP contribution in [0, 0.1) is 0 Å². The minimum atomic E-state index is -0.292. The number of nitrogens with two attached hydrogens (primary N) is 1. The van der Waals surface area contributed by atoms with E-state index >= 15 is 0 Å². The van der Waals surface area contributed by atoms with Gasteiger partial charge in [0, 0.05) is 28.3 Å². The van der Waals surface area contributed by atoms with E-state index < -0.39 is 0 Å². The Kier molecular flexibility index (Phi) is 5.30. The first-order valence-electron chi connectivity index (χ1n) is 8.97. The quantitative estimate of drug-likeness (QED) is 0.594. The minimum Gasteiger partial charge on any atom is -0.396 e. The lowest BCUT2D eigenvalue weighted by Gasteiger charge is -2.18. The molecule has 1 aromatic carbocycles. The number of aliphatic hydroxyl groups is 1. The van der Waals surface area contributed by atoms with Crippen molar-refractivity contribution in [1.29, 1.82) is 0 Å². The second-order valence-corrected chi connectivity index (χ2v) is 8.21. The monoisotopic (exact) mass is 414 g/mol. The number of aryl methyl sites for hydroxylation is 2. The second-order valence-electron chi connectivity index (χ2n) is 6.64. The van der Waals surface area contributed by atoms with Gasteiger partial charge in [-0.25, -0.2) is 9.97 Å². The van der Waals surface area contributed by atoms with Crippen LogP contribution in [-0.2, 0) is 12.8 Å². The van der Waals surface area contributed by atoms with Crippen molar-refractivity contribution in [2.24, 2.45) is 0 Å². The third-order valence-electron chi connectivity index (χ3n) is 4.79. The van der Waals surface area contributed by atoms with Gasteiger partial charge in [0.15, 0.2) is 0 Å². The van der Waals surface area contributed by atoms with Crippen molar-refractivity contribution in [2.45, 2.75) is 25.3 Å². The SMILES string of the molecule is Nc1ncc2c(n1)-c1cc(C(=O)N[C@@H](CCO)c3ccc(Cl)cc3)sc1CC2. The van der Waals surface area contributed by atoms with Crippen molar-refractivity contribution in [2.75, 3.05) is 12.3 Å². The molecule has 1 aliphatic carbocycles. The molecule has 0 fully saturated rings. The zero-order valence-electron chi connectivity index (χ0n) is 15.0. The summed E-state index contributed by atoms with van der Waals surface area (Å²) in [6.07, 6.45) is 3.87. The number of hydrogen-bond donors (Lipinski definition) is 3. The number of fused-ring (bicyclic) bond motifs is 3. The van der Waals surface area contributed by atoms with Crippen molar-refractivity contribution in [3.63, 3.8) is 0 Å². The first-order chi connectivity index (χ1) is 13.5. The molecular weight excluding hydrogens is 396 g/mol. The zero-order chi connectivity index (χ0) is 19.7. The summed E-state index contributed by atoms with van der Waals surface area (Å²) in [7, 11) is 0. The molecule has 6 nitrogen and oxygen atoms in total. The maximum atomic E-state index is 12.9. The van der Waals surface area contributed by atoms with Gasteiger partial charge in [-0.2, -0.15) is 0 Å². The molecule has 0 radical (unpaired) electrons. The predicted molar refractivity (Wildman–Crippen MR) is 111 cm³/mol. The van der Waals surface area contributed by atoms with Gasteiger partial charge in [0.1, 0.15) is 0 Å². The van der Waals surface area contributed by atoms with Crippen LogP contribution in [0.2, 0.25) is 5.02 Å². The summed E-state index contributed by atoms with van der Waals surface area (Å²) in [5.41, 5.74) is 9.47. The molecule has 0 unspecified atom stereocenters. The van der Waals surface area contributed by atoms with Crippen molar-refractivity contribution < 1.29 is 9.90 Å². The van der Waals surface area contributed by atoms with Gasteiger partial charge in [-0.05, 0) is 48.6 Å². The molecule has 0 bridgehead atoms. The molecule has 2 aromatic heterocycles. The van der Waals surface area contributed by atoms with E-state index in [2.05, 4.69) is 15.3 Å². The number of anilines is 1. The molecule has 144 valence electrons. The molecule has 28 heavy (non-hydrogen) atoms. The Morgan fingerprint density at radius 3 is 2.86 bits per heavy atom. The number of aromatic nitrogens is 2. The van der Waals surface area contributed by atoms with Gasteiger partial charge in [0.25, 0.3) is 5.91 Å². The topological polar surface area (TPSA) is 101 Å². The molecule has 1 atom stereocenters. The Labute approximate surface area is 171 Å². The smallest absolute Gasteiger partial charge is 0.261 e. The first kappa shape index (κ1) is 18.9. The van der Waals surface area contributed by atoms with Crippen molar-refractivity contribution in [1.82, 2.24) is 15.3 Å². The number of nitrogens with zero attached hydrogens (tertiary/aromatic N) is 2. The maximum Gasteiger partial charge on any atom is 0.261 e. The van der Waals surface area contributed by atoms with E-state index in [1.165, 1.54) is 11.3 Å². The summed E-state index contributed by atoms with van der Waals surface area (Å²) in [5.74, 6) is 0.0610. The minimum absolute atomic E-state index is 0.0297. The fourth-order valence-corrected chi connectivity index (χ4v) is 4.58. The second kappa shape index (κ2) is 7.87. The van der Waals surface area contributed by atoms with Crippen LogP contribution >= 0.6 is 22.9 Å². The number of nitrogens with one attached hydrogen (secondary N) is 1. The molecule has 4 rings (SSSR count). The molecule has 0 aliphatic heterocycles. The average molecular weight is 415 g/mol. The van der Waals surface area contributed by atoms with Gasteiger partial charge in [0.05, 0.1) is 16.6 Å². The predicted octanol–water partition coefficient (Wildman–Crippen LogP) is 3.39. The van der Waals surface area contributed by atoms with Crippen LogP contribution in [0.5, 0.6) is 0 Å². The highest BCUT2D eigenvalue weighted by molar-refractivity contribution is 7.14. The molecule has 2 heterocycles. The van der Waals surface area contributed by atoms with E-state index in [1.807, 2.05) is 18.2 Å². The number of thiophene rings is 1. The summed E-state index contributed by atoms with van der Waals surface area (Å²) in [6, 6.07) is 8.85. The summed E-state index contributed by atoms with van der Waals surface area (Å²) < 4.78 is 0. The average Bonchev–Trinajstić information content (AvgIpc) is 3.13. The zero-order valence-corrected chi connectivity index (χ0v) is 16.6. The number of nitrogen functional groups attached to an aromatic ring is 1. The van der Waals surface area contributed by atoms with Crippen molar-refractivity contribution >= 4 is 34.8 Å². The molecule has 0 saturated carbocycles. The molecular formula is C20H19ClN4O2S. The molecule has 1 aliphatic rings.